The fourth-order valence-electron chi connectivity index (χ4n) is 1.32. The van der Waals surface area contributed by atoms with Crippen molar-refractivity contribution >= 4 is 33.1 Å². The Hall–Kier alpha value is -1.73. The second-order valence-corrected chi connectivity index (χ2v) is 5.79. The van der Waals surface area contributed by atoms with Gasteiger partial charge in [0.05, 0.1) is 16.3 Å². The Morgan fingerprint density at radius 2 is 1.94 bits per heavy atom. The minimum Gasteiger partial charge on any atom is -0.394 e. The number of nitrogen functional groups attached to an aromatic ring is 1. The van der Waals surface area contributed by atoms with E-state index < -0.39 is 10.0 Å². The number of halogens is 1. The lowest BCUT2D eigenvalue weighted by molar-refractivity contribution is 0.601. The first-order chi connectivity index (χ1) is 8.40. The van der Waals surface area contributed by atoms with E-state index in [0.717, 1.165) is 0 Å². The highest BCUT2D eigenvalue weighted by atomic mass is 35.5. The quantitative estimate of drug-likeness (QED) is 0.800. The van der Waals surface area contributed by atoms with E-state index in [9.17, 15) is 8.42 Å². The van der Waals surface area contributed by atoms with Crippen molar-refractivity contribution in [3.8, 4) is 0 Å². The number of aryl methyl sites for hydroxylation is 1. The molecule has 0 unspecified atom stereocenters. The van der Waals surface area contributed by atoms with Crippen molar-refractivity contribution in [2.45, 2.75) is 11.8 Å². The van der Waals surface area contributed by atoms with Gasteiger partial charge in [-0.1, -0.05) is 11.6 Å². The van der Waals surface area contributed by atoms with Crippen LogP contribution in [-0.2, 0) is 10.0 Å². The molecule has 0 radical (unpaired) electrons. The number of sulfonamides is 1. The molecule has 2 aromatic rings. The molecule has 4 N–H and O–H groups in total. The minimum atomic E-state index is -3.71. The zero-order valence-electron chi connectivity index (χ0n) is 9.44. The first kappa shape index (κ1) is 12.7. The van der Waals surface area contributed by atoms with Gasteiger partial charge < -0.3 is 5.73 Å². The number of anilines is 2. The van der Waals surface area contributed by atoms with Crippen LogP contribution in [0.1, 0.15) is 5.69 Å². The van der Waals surface area contributed by atoms with Crippen molar-refractivity contribution in [1.82, 2.24) is 10.2 Å². The number of aromatic nitrogens is 2. The van der Waals surface area contributed by atoms with E-state index in [1.54, 1.807) is 6.92 Å². The molecule has 0 saturated carbocycles. The van der Waals surface area contributed by atoms with Gasteiger partial charge in [-0.15, -0.1) is 0 Å². The van der Waals surface area contributed by atoms with E-state index in [1.165, 1.54) is 24.3 Å². The molecule has 0 aliphatic carbocycles. The maximum atomic E-state index is 12.0. The van der Waals surface area contributed by atoms with Crippen LogP contribution in [0.4, 0.5) is 11.5 Å². The second-order valence-electron chi connectivity index (χ2n) is 3.67. The van der Waals surface area contributed by atoms with E-state index in [4.69, 9.17) is 17.3 Å². The van der Waals surface area contributed by atoms with Gasteiger partial charge in [-0.3, -0.25) is 9.82 Å². The molecule has 1 aromatic carbocycles. The van der Waals surface area contributed by atoms with Crippen LogP contribution >= 0.6 is 11.6 Å². The summed E-state index contributed by atoms with van der Waals surface area (Å²) in [4.78, 5) is 0.0898. The summed E-state index contributed by atoms with van der Waals surface area (Å²) in [7, 11) is -3.71. The standard InChI is InChI=1S/C10H11ClN4O2S/c1-6-9(12)10(14-13-6)15-18(16,17)8-4-2-7(11)3-5-8/h2-5H,12H2,1H3,(H2,13,14,15). The largest absolute Gasteiger partial charge is 0.394 e. The van der Waals surface area contributed by atoms with E-state index in [1.807, 2.05) is 0 Å². The number of benzene rings is 1. The lowest BCUT2D eigenvalue weighted by Gasteiger charge is -2.06. The first-order valence-electron chi connectivity index (χ1n) is 4.99. The highest BCUT2D eigenvalue weighted by molar-refractivity contribution is 7.92. The predicted octanol–water partition coefficient (Wildman–Crippen LogP) is 1.75. The van der Waals surface area contributed by atoms with Crippen LogP contribution in [0.15, 0.2) is 29.2 Å². The van der Waals surface area contributed by atoms with Crippen molar-refractivity contribution in [3.63, 3.8) is 0 Å². The molecular formula is C10H11ClN4O2S. The number of nitrogens with one attached hydrogen (secondary N) is 2. The fourth-order valence-corrected chi connectivity index (χ4v) is 2.46. The van der Waals surface area contributed by atoms with Crippen molar-refractivity contribution in [1.29, 1.82) is 0 Å². The molecule has 0 aliphatic rings. The SMILES string of the molecule is Cc1[nH]nc(NS(=O)(=O)c2ccc(Cl)cc2)c1N. The third-order valence-electron chi connectivity index (χ3n) is 2.35. The summed E-state index contributed by atoms with van der Waals surface area (Å²) in [6.45, 7) is 1.70. The number of aromatic amines is 1. The van der Waals surface area contributed by atoms with E-state index in [0.29, 0.717) is 10.7 Å². The average Bonchev–Trinajstić information content (AvgIpc) is 2.61. The van der Waals surface area contributed by atoms with Crippen molar-refractivity contribution < 1.29 is 8.42 Å². The Balaban J connectivity index is 2.33. The monoisotopic (exact) mass is 286 g/mol. The molecule has 18 heavy (non-hydrogen) atoms. The van der Waals surface area contributed by atoms with Crippen molar-refractivity contribution in [2.75, 3.05) is 10.5 Å². The van der Waals surface area contributed by atoms with Gasteiger partial charge in [-0.25, -0.2) is 8.42 Å². The molecule has 0 atom stereocenters. The van der Waals surface area contributed by atoms with Gasteiger partial charge in [0.2, 0.25) is 0 Å². The van der Waals surface area contributed by atoms with E-state index in [2.05, 4.69) is 14.9 Å². The lowest BCUT2D eigenvalue weighted by atomic mass is 10.4. The highest BCUT2D eigenvalue weighted by Gasteiger charge is 2.17. The highest BCUT2D eigenvalue weighted by Crippen LogP contribution is 2.22. The molecule has 0 bridgehead atoms. The summed E-state index contributed by atoms with van der Waals surface area (Å²) in [5, 5.41) is 6.84. The van der Waals surface area contributed by atoms with Gasteiger partial charge >= 0.3 is 0 Å². The molecule has 0 fully saturated rings. The summed E-state index contributed by atoms with van der Waals surface area (Å²) in [6, 6.07) is 5.80. The van der Waals surface area contributed by atoms with E-state index >= 15 is 0 Å². The smallest absolute Gasteiger partial charge is 0.263 e. The molecule has 0 spiro atoms. The van der Waals surface area contributed by atoms with Crippen LogP contribution in [0, 0.1) is 6.92 Å². The van der Waals surface area contributed by atoms with Crippen LogP contribution in [0.5, 0.6) is 0 Å². The maximum Gasteiger partial charge on any atom is 0.263 e. The van der Waals surface area contributed by atoms with Crippen molar-refractivity contribution in [3.05, 3.63) is 35.0 Å². The Morgan fingerprint density at radius 3 is 2.44 bits per heavy atom. The summed E-state index contributed by atoms with van der Waals surface area (Å²) in [5.74, 6) is 0.0856. The molecule has 1 aromatic heterocycles. The van der Waals surface area contributed by atoms with Crippen LogP contribution in [-0.4, -0.2) is 18.6 Å². The Bertz CT molecular complexity index is 664. The average molecular weight is 287 g/mol. The topological polar surface area (TPSA) is 101 Å². The summed E-state index contributed by atoms with van der Waals surface area (Å²) in [6.07, 6.45) is 0. The number of rotatable bonds is 3. The molecular weight excluding hydrogens is 276 g/mol. The summed E-state index contributed by atoms with van der Waals surface area (Å²) < 4.78 is 26.3. The van der Waals surface area contributed by atoms with Gasteiger partial charge in [0.25, 0.3) is 10.0 Å². The number of H-pyrrole nitrogens is 1. The van der Waals surface area contributed by atoms with Gasteiger partial charge in [-0.05, 0) is 31.2 Å². The van der Waals surface area contributed by atoms with Gasteiger partial charge in [0, 0.05) is 5.02 Å². The number of hydrogen-bond acceptors (Lipinski definition) is 4. The van der Waals surface area contributed by atoms with Gasteiger partial charge in [0.15, 0.2) is 5.82 Å². The third-order valence-corrected chi connectivity index (χ3v) is 3.96. The number of hydrogen-bond donors (Lipinski definition) is 3. The molecule has 0 amide bonds. The summed E-state index contributed by atoms with van der Waals surface area (Å²) in [5.41, 5.74) is 6.54. The number of nitrogens with zero attached hydrogens (tertiary/aromatic N) is 1. The van der Waals surface area contributed by atoms with Crippen molar-refractivity contribution in [2.24, 2.45) is 0 Å². The molecule has 2 rings (SSSR count). The van der Waals surface area contributed by atoms with Gasteiger partial charge in [-0.2, -0.15) is 5.10 Å². The van der Waals surface area contributed by atoms with Crippen LogP contribution in [0.25, 0.3) is 0 Å². The first-order valence-corrected chi connectivity index (χ1v) is 6.85. The molecule has 0 aliphatic heterocycles. The minimum absolute atomic E-state index is 0.0856. The van der Waals surface area contributed by atoms with Crippen LogP contribution < -0.4 is 10.5 Å². The Kier molecular flexibility index (Phi) is 3.18. The van der Waals surface area contributed by atoms with Crippen LogP contribution in [0.2, 0.25) is 5.02 Å². The summed E-state index contributed by atoms with van der Waals surface area (Å²) >= 11 is 5.70. The predicted molar refractivity (Wildman–Crippen MR) is 70.0 cm³/mol. The van der Waals surface area contributed by atoms with Gasteiger partial charge in [0.1, 0.15) is 0 Å². The Labute approximate surface area is 109 Å². The second kappa shape index (κ2) is 4.51. The molecule has 1 heterocycles. The molecule has 6 nitrogen and oxygen atoms in total. The van der Waals surface area contributed by atoms with E-state index in [-0.39, 0.29) is 16.4 Å². The number of nitrogens with two attached hydrogens (primary N) is 1. The molecule has 0 saturated heterocycles. The normalized spacial score (nSPS) is 11.4. The fraction of sp³-hybridized carbons (Fsp3) is 0.100. The maximum absolute atomic E-state index is 12.0. The zero-order valence-corrected chi connectivity index (χ0v) is 11.0. The van der Waals surface area contributed by atoms with Crippen LogP contribution in [0.3, 0.4) is 0 Å². The zero-order chi connectivity index (χ0) is 13.3. The lowest BCUT2D eigenvalue weighted by Crippen LogP contribution is -2.14. The Morgan fingerprint density at radius 1 is 1.33 bits per heavy atom. The third kappa shape index (κ3) is 2.41. The molecule has 8 heteroatoms. The molecule has 96 valence electrons.